The van der Waals surface area contributed by atoms with Crippen molar-refractivity contribution in [2.24, 2.45) is 5.73 Å². The summed E-state index contributed by atoms with van der Waals surface area (Å²) in [6, 6.07) is 18.7. The lowest BCUT2D eigenvalue weighted by atomic mass is 10.1. The molecule has 0 radical (unpaired) electrons. The van der Waals surface area contributed by atoms with Crippen LogP contribution in [0, 0.1) is 0 Å². The van der Waals surface area contributed by atoms with Gasteiger partial charge in [-0.15, -0.1) is 11.3 Å². The van der Waals surface area contributed by atoms with Crippen molar-refractivity contribution in [1.82, 2.24) is 4.98 Å². The Morgan fingerprint density at radius 2 is 1.74 bits per heavy atom. The number of aromatic nitrogens is 1. The number of hydrogen-bond acceptors (Lipinski definition) is 3. The number of fused-ring (bicyclic) bond motifs is 1. The summed E-state index contributed by atoms with van der Waals surface area (Å²) in [6.07, 6.45) is 1.93. The molecule has 0 aliphatic heterocycles. The zero-order valence-electron chi connectivity index (χ0n) is 10.6. The maximum absolute atomic E-state index is 6.25. The predicted octanol–water partition coefficient (Wildman–Crippen LogP) is 3.93. The minimum atomic E-state index is 0.0256. The monoisotopic (exact) mass is 268 g/mol. The highest BCUT2D eigenvalue weighted by atomic mass is 32.1. The van der Waals surface area contributed by atoms with Gasteiger partial charge in [-0.2, -0.15) is 0 Å². The van der Waals surface area contributed by atoms with Crippen LogP contribution in [0.25, 0.3) is 10.2 Å². The Morgan fingerprint density at radius 3 is 2.53 bits per heavy atom. The van der Waals surface area contributed by atoms with E-state index in [-0.39, 0.29) is 6.04 Å². The molecule has 2 nitrogen and oxygen atoms in total. The molecule has 0 amide bonds. The molecule has 0 aliphatic rings. The number of thiazole rings is 1. The van der Waals surface area contributed by atoms with Gasteiger partial charge in [-0.25, -0.2) is 4.98 Å². The van der Waals surface area contributed by atoms with Gasteiger partial charge in [-0.1, -0.05) is 42.5 Å². The Labute approximate surface area is 116 Å². The number of nitrogens with zero attached hydrogens (tertiary/aromatic N) is 1. The molecule has 0 spiro atoms. The lowest BCUT2D eigenvalue weighted by Gasteiger charge is -2.07. The first-order valence-corrected chi connectivity index (χ1v) is 7.29. The van der Waals surface area contributed by atoms with Crippen molar-refractivity contribution in [2.75, 3.05) is 0 Å². The minimum absolute atomic E-state index is 0.0256. The van der Waals surface area contributed by atoms with Gasteiger partial charge >= 0.3 is 0 Å². The molecule has 1 atom stereocenters. The first-order valence-electron chi connectivity index (χ1n) is 6.48. The summed E-state index contributed by atoms with van der Waals surface area (Å²) in [5.74, 6) is 0. The Bertz CT molecular complexity index is 628. The maximum Gasteiger partial charge on any atom is 0.111 e. The van der Waals surface area contributed by atoms with Gasteiger partial charge in [0, 0.05) is 0 Å². The fourth-order valence-electron chi connectivity index (χ4n) is 2.14. The molecule has 96 valence electrons. The Balaban J connectivity index is 1.71. The molecule has 0 saturated heterocycles. The third-order valence-electron chi connectivity index (χ3n) is 3.21. The van der Waals surface area contributed by atoms with E-state index in [2.05, 4.69) is 35.3 Å². The average molecular weight is 268 g/mol. The third-order valence-corrected chi connectivity index (χ3v) is 4.38. The molecule has 19 heavy (non-hydrogen) atoms. The molecule has 0 bridgehead atoms. The molecule has 0 saturated carbocycles. The summed E-state index contributed by atoms with van der Waals surface area (Å²) in [7, 11) is 0. The number of rotatable bonds is 4. The fraction of sp³-hybridized carbons (Fsp3) is 0.188. The van der Waals surface area contributed by atoms with Gasteiger partial charge in [0.25, 0.3) is 0 Å². The minimum Gasteiger partial charge on any atom is -0.322 e. The highest BCUT2D eigenvalue weighted by Gasteiger charge is 2.11. The Kier molecular flexibility index (Phi) is 3.58. The summed E-state index contributed by atoms with van der Waals surface area (Å²) < 4.78 is 1.22. The largest absolute Gasteiger partial charge is 0.322 e. The van der Waals surface area contributed by atoms with Crippen LogP contribution in [-0.4, -0.2) is 4.98 Å². The number of hydrogen-bond donors (Lipinski definition) is 1. The van der Waals surface area contributed by atoms with Crippen LogP contribution in [0.15, 0.2) is 54.6 Å². The molecule has 3 rings (SSSR count). The zero-order chi connectivity index (χ0) is 13.1. The number of aryl methyl sites for hydroxylation is 1. The summed E-state index contributed by atoms with van der Waals surface area (Å²) in [6.45, 7) is 0. The molecular formula is C16H16N2S. The van der Waals surface area contributed by atoms with Gasteiger partial charge < -0.3 is 5.73 Å². The Hall–Kier alpha value is -1.71. The summed E-state index contributed by atoms with van der Waals surface area (Å²) >= 11 is 1.70. The number of para-hydroxylation sites is 1. The average Bonchev–Trinajstić information content (AvgIpc) is 2.90. The van der Waals surface area contributed by atoms with E-state index >= 15 is 0 Å². The summed E-state index contributed by atoms with van der Waals surface area (Å²) in [5, 5.41) is 1.04. The van der Waals surface area contributed by atoms with Crippen molar-refractivity contribution in [1.29, 1.82) is 0 Å². The second-order valence-corrected chi connectivity index (χ2v) is 5.71. The number of nitrogens with two attached hydrogens (primary N) is 1. The van der Waals surface area contributed by atoms with Crippen LogP contribution in [0.5, 0.6) is 0 Å². The van der Waals surface area contributed by atoms with Crippen molar-refractivity contribution in [2.45, 2.75) is 18.9 Å². The second-order valence-electron chi connectivity index (χ2n) is 4.65. The molecule has 0 aliphatic carbocycles. The van der Waals surface area contributed by atoms with E-state index in [4.69, 9.17) is 5.73 Å². The van der Waals surface area contributed by atoms with Crippen molar-refractivity contribution in [3.05, 3.63) is 65.2 Å². The molecule has 1 aromatic heterocycles. The van der Waals surface area contributed by atoms with Gasteiger partial charge in [0.1, 0.15) is 5.01 Å². The quantitative estimate of drug-likeness (QED) is 0.778. The van der Waals surface area contributed by atoms with Gasteiger partial charge in [-0.3, -0.25) is 0 Å². The van der Waals surface area contributed by atoms with E-state index in [0.717, 1.165) is 23.4 Å². The van der Waals surface area contributed by atoms with E-state index in [1.807, 2.05) is 24.3 Å². The highest BCUT2D eigenvalue weighted by Crippen LogP contribution is 2.27. The molecule has 0 fully saturated rings. The van der Waals surface area contributed by atoms with Crippen LogP contribution >= 0.6 is 11.3 Å². The summed E-state index contributed by atoms with van der Waals surface area (Å²) in [5.41, 5.74) is 8.64. The van der Waals surface area contributed by atoms with Crippen LogP contribution in [0.1, 0.15) is 23.0 Å². The van der Waals surface area contributed by atoms with Crippen molar-refractivity contribution in [3.8, 4) is 0 Å². The second kappa shape index (κ2) is 5.51. The fourth-order valence-corrected chi connectivity index (χ4v) is 3.14. The van der Waals surface area contributed by atoms with Crippen LogP contribution in [0.3, 0.4) is 0 Å². The molecule has 1 heterocycles. The Morgan fingerprint density at radius 1 is 1.00 bits per heavy atom. The van der Waals surface area contributed by atoms with E-state index in [1.54, 1.807) is 11.3 Å². The van der Waals surface area contributed by atoms with E-state index in [9.17, 15) is 0 Å². The molecule has 0 unspecified atom stereocenters. The van der Waals surface area contributed by atoms with Crippen molar-refractivity contribution >= 4 is 21.6 Å². The summed E-state index contributed by atoms with van der Waals surface area (Å²) in [4.78, 5) is 4.62. The van der Waals surface area contributed by atoms with Gasteiger partial charge in [0.15, 0.2) is 0 Å². The molecular weight excluding hydrogens is 252 g/mol. The molecule has 2 N–H and O–H groups in total. The van der Waals surface area contributed by atoms with Gasteiger partial charge in [-0.05, 0) is 30.5 Å². The first-order chi connectivity index (χ1) is 9.33. The smallest absolute Gasteiger partial charge is 0.111 e. The van der Waals surface area contributed by atoms with Crippen LogP contribution < -0.4 is 5.73 Å². The van der Waals surface area contributed by atoms with Crippen LogP contribution in [0.4, 0.5) is 0 Å². The third kappa shape index (κ3) is 2.83. The van der Waals surface area contributed by atoms with Gasteiger partial charge in [0.2, 0.25) is 0 Å². The van der Waals surface area contributed by atoms with E-state index in [1.165, 1.54) is 10.3 Å². The van der Waals surface area contributed by atoms with E-state index in [0.29, 0.717) is 0 Å². The predicted molar refractivity (Wildman–Crippen MR) is 81.3 cm³/mol. The number of benzene rings is 2. The van der Waals surface area contributed by atoms with Gasteiger partial charge in [0.05, 0.1) is 16.3 Å². The zero-order valence-corrected chi connectivity index (χ0v) is 11.4. The van der Waals surface area contributed by atoms with Crippen molar-refractivity contribution in [3.63, 3.8) is 0 Å². The SMILES string of the molecule is N[C@H](CCc1ccccc1)c1nc2ccccc2s1. The normalized spacial score (nSPS) is 12.7. The van der Waals surface area contributed by atoms with Crippen LogP contribution in [-0.2, 0) is 6.42 Å². The lowest BCUT2D eigenvalue weighted by molar-refractivity contribution is 0.648. The standard InChI is InChI=1S/C16H16N2S/c17-13(11-10-12-6-2-1-3-7-12)16-18-14-8-4-5-9-15(14)19-16/h1-9,13H,10-11,17H2/t13-/m1/s1. The maximum atomic E-state index is 6.25. The van der Waals surface area contributed by atoms with E-state index < -0.39 is 0 Å². The molecule has 3 heteroatoms. The first kappa shape index (κ1) is 12.3. The molecule has 3 aromatic rings. The lowest BCUT2D eigenvalue weighted by Crippen LogP contribution is -2.10. The molecule has 2 aromatic carbocycles. The van der Waals surface area contributed by atoms with Crippen molar-refractivity contribution < 1.29 is 0 Å². The topological polar surface area (TPSA) is 38.9 Å². The van der Waals surface area contributed by atoms with Crippen LogP contribution in [0.2, 0.25) is 0 Å². The highest BCUT2D eigenvalue weighted by molar-refractivity contribution is 7.18.